The van der Waals surface area contributed by atoms with Crippen molar-refractivity contribution >= 4 is 39.1 Å². The molecule has 3 aromatic rings. The Labute approximate surface area is 176 Å². The summed E-state index contributed by atoms with van der Waals surface area (Å²) in [5, 5.41) is 0.833. The topological polar surface area (TPSA) is 52.0 Å². The second-order valence-electron chi connectivity index (χ2n) is 7.70. The number of rotatable bonds is 3. The molecule has 1 unspecified atom stereocenters. The van der Waals surface area contributed by atoms with Gasteiger partial charge < -0.3 is 0 Å². The highest BCUT2D eigenvalue weighted by Crippen LogP contribution is 2.37. The zero-order valence-electron chi connectivity index (χ0n) is 15.9. The van der Waals surface area contributed by atoms with Crippen LogP contribution in [0.15, 0.2) is 34.2 Å². The number of ketones is 1. The maximum atomic E-state index is 14.7. The number of nitrogens with zero attached hydrogens (tertiary/aromatic N) is 2. The predicted molar refractivity (Wildman–Crippen MR) is 115 cm³/mol. The molecule has 0 spiro atoms. The van der Waals surface area contributed by atoms with E-state index in [1.165, 1.54) is 27.3 Å². The number of carbonyl (C=O) groups excluding carboxylic acids is 1. The van der Waals surface area contributed by atoms with Gasteiger partial charge in [0.15, 0.2) is 5.16 Å². The Bertz CT molecular complexity index is 1170. The third-order valence-corrected chi connectivity index (χ3v) is 8.25. The van der Waals surface area contributed by atoms with Crippen molar-refractivity contribution in [3.63, 3.8) is 0 Å². The van der Waals surface area contributed by atoms with Crippen molar-refractivity contribution in [1.29, 1.82) is 0 Å². The standard InChI is InChI=1S/C22H21FN2O2S2/c23-14-8-2-3-9-15(14)25-21(27)19-13-7-1-5-11-17(13)28-20(19)24-22(25)29-18-12-6-4-10-16(18)26/h2-3,8-9,18H,1,4-7,10-12H2. The smallest absolute Gasteiger partial charge is 0.267 e. The van der Waals surface area contributed by atoms with Gasteiger partial charge in [0.05, 0.1) is 16.3 Å². The predicted octanol–water partition coefficient (Wildman–Crippen LogP) is 5.07. The molecule has 150 valence electrons. The molecule has 4 nitrogen and oxygen atoms in total. The largest absolute Gasteiger partial charge is 0.298 e. The molecule has 7 heteroatoms. The van der Waals surface area contributed by atoms with Gasteiger partial charge in [-0.05, 0) is 56.2 Å². The first-order valence-electron chi connectivity index (χ1n) is 10.1. The number of fused-ring (bicyclic) bond motifs is 3. The molecule has 1 atom stereocenters. The number of thioether (sulfide) groups is 1. The van der Waals surface area contributed by atoms with Crippen molar-refractivity contribution in [3.05, 3.63) is 50.9 Å². The molecular weight excluding hydrogens is 407 g/mol. The van der Waals surface area contributed by atoms with Crippen molar-refractivity contribution < 1.29 is 9.18 Å². The Morgan fingerprint density at radius 1 is 1.07 bits per heavy atom. The van der Waals surface area contributed by atoms with Crippen LogP contribution < -0.4 is 5.56 Å². The van der Waals surface area contributed by atoms with E-state index in [1.54, 1.807) is 29.5 Å². The van der Waals surface area contributed by atoms with E-state index in [-0.39, 0.29) is 22.3 Å². The summed E-state index contributed by atoms with van der Waals surface area (Å²) in [6, 6.07) is 6.29. The van der Waals surface area contributed by atoms with E-state index in [1.807, 2.05) is 0 Å². The number of Topliss-reactive ketones (excluding diaryl/α,β-unsaturated/α-hetero) is 1. The van der Waals surface area contributed by atoms with Crippen molar-refractivity contribution in [2.45, 2.75) is 61.8 Å². The summed E-state index contributed by atoms with van der Waals surface area (Å²) >= 11 is 2.90. The van der Waals surface area contributed by atoms with Gasteiger partial charge in [0.25, 0.3) is 5.56 Å². The normalized spacial score (nSPS) is 19.5. The van der Waals surface area contributed by atoms with Crippen LogP contribution in [0.2, 0.25) is 0 Å². The molecule has 2 aromatic heterocycles. The second kappa shape index (κ2) is 7.69. The Morgan fingerprint density at radius 2 is 1.86 bits per heavy atom. The van der Waals surface area contributed by atoms with Crippen molar-refractivity contribution in [1.82, 2.24) is 9.55 Å². The number of halogens is 1. The Kier molecular flexibility index (Phi) is 5.04. The Hall–Kier alpha value is -1.99. The number of aromatic nitrogens is 2. The van der Waals surface area contributed by atoms with Crippen LogP contribution in [0, 0.1) is 5.82 Å². The summed E-state index contributed by atoms with van der Waals surface area (Å²) in [5.41, 5.74) is 1.07. The monoisotopic (exact) mass is 428 g/mol. The number of thiophene rings is 1. The number of aryl methyl sites for hydroxylation is 2. The summed E-state index contributed by atoms with van der Waals surface area (Å²) in [5.74, 6) is -0.266. The zero-order chi connectivity index (χ0) is 20.0. The Balaban J connectivity index is 1.74. The van der Waals surface area contributed by atoms with Crippen LogP contribution in [-0.4, -0.2) is 20.6 Å². The summed E-state index contributed by atoms with van der Waals surface area (Å²) in [6.07, 6.45) is 7.27. The average molecular weight is 429 g/mol. The lowest BCUT2D eigenvalue weighted by atomic mass is 9.97. The van der Waals surface area contributed by atoms with Gasteiger partial charge in [0.1, 0.15) is 16.4 Å². The van der Waals surface area contributed by atoms with E-state index in [0.29, 0.717) is 17.0 Å². The van der Waals surface area contributed by atoms with Crippen LogP contribution in [0.1, 0.15) is 49.0 Å². The third-order valence-electron chi connectivity index (χ3n) is 5.80. The Morgan fingerprint density at radius 3 is 2.69 bits per heavy atom. The molecule has 0 radical (unpaired) electrons. The van der Waals surface area contributed by atoms with Gasteiger partial charge in [-0.2, -0.15) is 0 Å². The lowest BCUT2D eigenvalue weighted by Gasteiger charge is -2.21. The van der Waals surface area contributed by atoms with E-state index in [2.05, 4.69) is 0 Å². The van der Waals surface area contributed by atoms with Crippen LogP contribution in [0.5, 0.6) is 0 Å². The number of benzene rings is 1. The molecule has 29 heavy (non-hydrogen) atoms. The minimum atomic E-state index is -0.461. The van der Waals surface area contributed by atoms with Gasteiger partial charge in [0, 0.05) is 11.3 Å². The van der Waals surface area contributed by atoms with Crippen LogP contribution in [0.25, 0.3) is 15.9 Å². The molecule has 0 amide bonds. The fraction of sp³-hybridized carbons (Fsp3) is 0.409. The van der Waals surface area contributed by atoms with E-state index >= 15 is 0 Å². The highest BCUT2D eigenvalue weighted by molar-refractivity contribution is 8.00. The van der Waals surface area contributed by atoms with E-state index in [0.717, 1.165) is 55.3 Å². The van der Waals surface area contributed by atoms with Crippen molar-refractivity contribution in [3.8, 4) is 5.69 Å². The highest BCUT2D eigenvalue weighted by Gasteiger charge is 2.28. The number of carbonyl (C=O) groups is 1. The van der Waals surface area contributed by atoms with Gasteiger partial charge in [-0.25, -0.2) is 9.37 Å². The molecule has 2 heterocycles. The maximum absolute atomic E-state index is 14.7. The molecule has 2 aliphatic carbocycles. The summed E-state index contributed by atoms with van der Waals surface area (Å²) in [6.45, 7) is 0. The molecule has 2 aliphatic rings. The fourth-order valence-electron chi connectivity index (χ4n) is 4.31. The lowest BCUT2D eigenvalue weighted by Crippen LogP contribution is -2.26. The van der Waals surface area contributed by atoms with Gasteiger partial charge >= 0.3 is 0 Å². The van der Waals surface area contributed by atoms with Gasteiger partial charge in [-0.3, -0.25) is 14.2 Å². The molecule has 0 aliphatic heterocycles. The lowest BCUT2D eigenvalue weighted by molar-refractivity contribution is -0.119. The first-order valence-corrected chi connectivity index (χ1v) is 11.8. The summed E-state index contributed by atoms with van der Waals surface area (Å²) < 4.78 is 16.1. The molecule has 0 bridgehead atoms. The number of para-hydroxylation sites is 1. The molecule has 0 saturated heterocycles. The van der Waals surface area contributed by atoms with Crippen LogP contribution in [0.3, 0.4) is 0 Å². The second-order valence-corrected chi connectivity index (χ2v) is 9.95. The number of hydrogen-bond acceptors (Lipinski definition) is 5. The van der Waals surface area contributed by atoms with Gasteiger partial charge in [-0.1, -0.05) is 30.3 Å². The molecule has 1 aromatic carbocycles. The van der Waals surface area contributed by atoms with Crippen molar-refractivity contribution in [2.75, 3.05) is 0 Å². The zero-order valence-corrected chi connectivity index (χ0v) is 17.6. The summed E-state index contributed by atoms with van der Waals surface area (Å²) in [4.78, 5) is 32.8. The van der Waals surface area contributed by atoms with Crippen LogP contribution in [-0.2, 0) is 17.6 Å². The molecule has 5 rings (SSSR count). The molecule has 1 saturated carbocycles. The molecular formula is C22H21FN2O2S2. The highest BCUT2D eigenvalue weighted by atomic mass is 32.2. The van der Waals surface area contributed by atoms with E-state index in [9.17, 15) is 14.0 Å². The minimum absolute atomic E-state index is 0.196. The maximum Gasteiger partial charge on any atom is 0.267 e. The third kappa shape index (κ3) is 3.34. The van der Waals surface area contributed by atoms with E-state index in [4.69, 9.17) is 4.98 Å². The van der Waals surface area contributed by atoms with Crippen LogP contribution in [0.4, 0.5) is 4.39 Å². The molecule has 1 fully saturated rings. The first-order chi connectivity index (χ1) is 14.1. The first kappa shape index (κ1) is 19.0. The van der Waals surface area contributed by atoms with E-state index < -0.39 is 5.82 Å². The quantitative estimate of drug-likeness (QED) is 0.547. The minimum Gasteiger partial charge on any atom is -0.298 e. The van der Waals surface area contributed by atoms with Crippen LogP contribution >= 0.6 is 23.1 Å². The van der Waals surface area contributed by atoms with Gasteiger partial charge in [-0.15, -0.1) is 11.3 Å². The molecule has 0 N–H and O–H groups in total. The average Bonchev–Trinajstić information content (AvgIpc) is 3.09. The number of hydrogen-bond donors (Lipinski definition) is 0. The van der Waals surface area contributed by atoms with Crippen molar-refractivity contribution in [2.24, 2.45) is 0 Å². The summed E-state index contributed by atoms with van der Waals surface area (Å²) in [7, 11) is 0. The SMILES string of the molecule is O=C1CCCCC1Sc1nc2sc3c(c2c(=O)n1-c1ccccc1F)CCCC3. The fourth-order valence-corrected chi connectivity index (χ4v) is 6.84. The van der Waals surface area contributed by atoms with Gasteiger partial charge in [0.2, 0.25) is 0 Å².